The van der Waals surface area contributed by atoms with Crippen LogP contribution in [-0.2, 0) is 4.74 Å². The van der Waals surface area contributed by atoms with Crippen molar-refractivity contribution in [1.82, 2.24) is 4.90 Å². The first-order valence-corrected chi connectivity index (χ1v) is 11.5. The van der Waals surface area contributed by atoms with Gasteiger partial charge in [-0.1, -0.05) is 35.9 Å². The fourth-order valence-corrected chi connectivity index (χ4v) is 4.51. The van der Waals surface area contributed by atoms with Gasteiger partial charge in [-0.15, -0.1) is 12.4 Å². The summed E-state index contributed by atoms with van der Waals surface area (Å²) in [5, 5.41) is 0. The third-order valence-electron chi connectivity index (χ3n) is 5.92. The van der Waals surface area contributed by atoms with Gasteiger partial charge in [0.2, 0.25) is 0 Å². The number of hydrogen-bond donors (Lipinski definition) is 0. The highest BCUT2D eigenvalue weighted by molar-refractivity contribution is 5.90. The number of methoxy groups -OCH3 is 1. The molecule has 0 N–H and O–H groups in total. The van der Waals surface area contributed by atoms with Crippen LogP contribution in [0.1, 0.15) is 67.4 Å². The van der Waals surface area contributed by atoms with E-state index in [0.717, 1.165) is 37.1 Å². The number of esters is 1. The molecule has 2 unspecified atom stereocenters. The highest BCUT2D eigenvalue weighted by Gasteiger charge is 2.29. The van der Waals surface area contributed by atoms with E-state index in [9.17, 15) is 4.79 Å². The standard InChI is InChI=1S/C28H37NO3.ClH/c1-28(2,3)32-27(30)23-9-7-8-20(17-23)16-21-10-11-24(19-29(4)5)26(18-21)22-12-14-25(31-6)15-13-22;/h7-9,12-17,24,26H,10-11,18-19H2,1-6H3;1H/b21-16+;. The molecule has 5 heteroatoms. The van der Waals surface area contributed by atoms with E-state index in [2.05, 4.69) is 55.4 Å². The van der Waals surface area contributed by atoms with Crippen LogP contribution in [0.2, 0.25) is 0 Å². The molecule has 3 rings (SSSR count). The molecule has 2 aromatic carbocycles. The Labute approximate surface area is 205 Å². The summed E-state index contributed by atoms with van der Waals surface area (Å²) in [6.07, 6.45) is 5.53. The van der Waals surface area contributed by atoms with Crippen LogP contribution in [0.25, 0.3) is 6.08 Å². The summed E-state index contributed by atoms with van der Waals surface area (Å²) in [4.78, 5) is 14.8. The van der Waals surface area contributed by atoms with Crippen molar-refractivity contribution in [2.45, 2.75) is 51.6 Å². The summed E-state index contributed by atoms with van der Waals surface area (Å²) in [7, 11) is 6.01. The Hall–Kier alpha value is -2.30. The summed E-state index contributed by atoms with van der Waals surface area (Å²) in [5.74, 6) is 1.70. The molecule has 0 aromatic heterocycles. The molecule has 1 aliphatic carbocycles. The van der Waals surface area contributed by atoms with Crippen molar-refractivity contribution in [1.29, 1.82) is 0 Å². The van der Waals surface area contributed by atoms with E-state index in [0.29, 0.717) is 17.4 Å². The Morgan fingerprint density at radius 3 is 2.42 bits per heavy atom. The Bertz CT molecular complexity index is 944. The predicted molar refractivity (Wildman–Crippen MR) is 138 cm³/mol. The quantitative estimate of drug-likeness (QED) is 0.445. The maximum absolute atomic E-state index is 12.5. The zero-order chi connectivity index (χ0) is 23.3. The molecule has 0 heterocycles. The summed E-state index contributed by atoms with van der Waals surface area (Å²) in [5.41, 5.74) is 3.96. The van der Waals surface area contributed by atoms with Crippen LogP contribution in [0, 0.1) is 5.92 Å². The minimum absolute atomic E-state index is 0. The van der Waals surface area contributed by atoms with Gasteiger partial charge in [0.25, 0.3) is 0 Å². The topological polar surface area (TPSA) is 38.8 Å². The van der Waals surface area contributed by atoms with Gasteiger partial charge < -0.3 is 14.4 Å². The Kier molecular flexibility index (Phi) is 9.57. The van der Waals surface area contributed by atoms with E-state index in [-0.39, 0.29) is 18.4 Å². The maximum Gasteiger partial charge on any atom is 0.338 e. The number of rotatable bonds is 6. The van der Waals surface area contributed by atoms with E-state index in [1.807, 2.05) is 39.0 Å². The molecule has 33 heavy (non-hydrogen) atoms. The highest BCUT2D eigenvalue weighted by atomic mass is 35.5. The molecule has 0 spiro atoms. The van der Waals surface area contributed by atoms with E-state index in [4.69, 9.17) is 9.47 Å². The van der Waals surface area contributed by atoms with E-state index < -0.39 is 5.60 Å². The molecule has 4 nitrogen and oxygen atoms in total. The van der Waals surface area contributed by atoms with Crippen LogP contribution in [0.4, 0.5) is 0 Å². The zero-order valence-electron chi connectivity index (χ0n) is 20.8. The second-order valence-electron chi connectivity index (χ2n) is 10.1. The average Bonchev–Trinajstić information content (AvgIpc) is 2.73. The van der Waals surface area contributed by atoms with Crippen molar-refractivity contribution in [3.63, 3.8) is 0 Å². The van der Waals surface area contributed by atoms with Gasteiger partial charge in [0, 0.05) is 6.54 Å². The summed E-state index contributed by atoms with van der Waals surface area (Å²) >= 11 is 0. The Morgan fingerprint density at radius 2 is 1.82 bits per heavy atom. The lowest BCUT2D eigenvalue weighted by molar-refractivity contribution is 0.00695. The van der Waals surface area contributed by atoms with Crippen molar-refractivity contribution in [3.8, 4) is 5.75 Å². The Balaban J connectivity index is 0.00000385. The number of benzene rings is 2. The SMILES string of the molecule is COc1ccc(C2C/C(=C/c3cccc(C(=O)OC(C)(C)C)c3)CCC2CN(C)C)cc1.Cl. The van der Waals surface area contributed by atoms with E-state index in [1.54, 1.807) is 7.11 Å². The monoisotopic (exact) mass is 471 g/mol. The van der Waals surface area contributed by atoms with Crippen molar-refractivity contribution in [3.05, 3.63) is 70.8 Å². The molecular weight excluding hydrogens is 434 g/mol. The molecule has 0 amide bonds. The molecule has 0 aliphatic heterocycles. The molecule has 0 saturated heterocycles. The lowest BCUT2D eigenvalue weighted by atomic mass is 9.73. The lowest BCUT2D eigenvalue weighted by Crippen LogP contribution is -2.29. The first-order valence-electron chi connectivity index (χ1n) is 11.5. The van der Waals surface area contributed by atoms with Crippen LogP contribution in [0.15, 0.2) is 54.1 Å². The van der Waals surface area contributed by atoms with Crippen LogP contribution >= 0.6 is 12.4 Å². The molecule has 1 fully saturated rings. The molecule has 1 saturated carbocycles. The minimum Gasteiger partial charge on any atom is -0.497 e. The van der Waals surface area contributed by atoms with Crippen LogP contribution in [-0.4, -0.2) is 44.2 Å². The largest absolute Gasteiger partial charge is 0.497 e. The van der Waals surface area contributed by atoms with Gasteiger partial charge in [-0.3, -0.25) is 0 Å². The van der Waals surface area contributed by atoms with Crippen LogP contribution in [0.3, 0.4) is 0 Å². The second-order valence-corrected chi connectivity index (χ2v) is 10.1. The number of carbonyl (C=O) groups is 1. The van der Waals surface area contributed by atoms with Crippen molar-refractivity contribution in [2.75, 3.05) is 27.7 Å². The summed E-state index contributed by atoms with van der Waals surface area (Å²) in [6.45, 7) is 6.75. The van der Waals surface area contributed by atoms with Gasteiger partial charge >= 0.3 is 5.97 Å². The summed E-state index contributed by atoms with van der Waals surface area (Å²) in [6, 6.07) is 16.3. The fourth-order valence-electron chi connectivity index (χ4n) is 4.51. The van der Waals surface area contributed by atoms with Gasteiger partial charge in [0.1, 0.15) is 11.4 Å². The third-order valence-corrected chi connectivity index (χ3v) is 5.92. The zero-order valence-corrected chi connectivity index (χ0v) is 21.6. The first-order chi connectivity index (χ1) is 15.1. The van der Waals surface area contributed by atoms with Crippen molar-refractivity contribution >= 4 is 24.5 Å². The summed E-state index contributed by atoms with van der Waals surface area (Å²) < 4.78 is 10.9. The molecule has 2 aromatic rings. The first kappa shape index (κ1) is 26.9. The van der Waals surface area contributed by atoms with E-state index in [1.165, 1.54) is 11.1 Å². The second kappa shape index (κ2) is 11.7. The normalized spacial score (nSPS) is 19.8. The van der Waals surface area contributed by atoms with Crippen molar-refractivity contribution in [2.24, 2.45) is 5.92 Å². The number of allylic oxidation sites excluding steroid dienone is 1. The average molecular weight is 472 g/mol. The smallest absolute Gasteiger partial charge is 0.338 e. The molecular formula is C28H38ClNO3. The van der Waals surface area contributed by atoms with Gasteiger partial charge in [-0.2, -0.15) is 0 Å². The molecule has 2 atom stereocenters. The highest BCUT2D eigenvalue weighted by Crippen LogP contribution is 2.41. The number of nitrogens with zero attached hydrogens (tertiary/aromatic N) is 1. The molecule has 180 valence electrons. The van der Waals surface area contributed by atoms with Gasteiger partial charge in [0.05, 0.1) is 12.7 Å². The Morgan fingerprint density at radius 1 is 1.12 bits per heavy atom. The van der Waals surface area contributed by atoms with Crippen LogP contribution < -0.4 is 4.74 Å². The number of ether oxygens (including phenoxy) is 2. The molecule has 1 aliphatic rings. The fraction of sp³-hybridized carbons (Fsp3) is 0.464. The van der Waals surface area contributed by atoms with E-state index >= 15 is 0 Å². The van der Waals surface area contributed by atoms with Gasteiger partial charge in [0.15, 0.2) is 0 Å². The van der Waals surface area contributed by atoms with Gasteiger partial charge in [-0.05, 0) is 101 Å². The number of hydrogen-bond acceptors (Lipinski definition) is 4. The maximum atomic E-state index is 12.5. The number of carbonyl (C=O) groups excluding carboxylic acids is 1. The lowest BCUT2D eigenvalue weighted by Gasteiger charge is -2.35. The third kappa shape index (κ3) is 7.90. The predicted octanol–water partition coefficient (Wildman–Crippen LogP) is 6.60. The van der Waals surface area contributed by atoms with Gasteiger partial charge in [-0.25, -0.2) is 4.79 Å². The molecule has 0 bridgehead atoms. The minimum atomic E-state index is -0.498. The number of halogens is 1. The molecule has 0 radical (unpaired) electrons. The van der Waals surface area contributed by atoms with Crippen molar-refractivity contribution < 1.29 is 14.3 Å². The van der Waals surface area contributed by atoms with Crippen LogP contribution in [0.5, 0.6) is 5.75 Å².